The van der Waals surface area contributed by atoms with Crippen molar-refractivity contribution in [2.24, 2.45) is 0 Å². The molecule has 2 aliphatic rings. The van der Waals surface area contributed by atoms with Crippen molar-refractivity contribution in [2.45, 2.75) is 12.5 Å². The van der Waals surface area contributed by atoms with Crippen molar-refractivity contribution in [1.29, 1.82) is 0 Å². The Morgan fingerprint density at radius 2 is 1.86 bits per heavy atom. The number of ether oxygens (including phenoxy) is 1. The van der Waals surface area contributed by atoms with Crippen molar-refractivity contribution >= 4 is 39.9 Å². The first-order valence-electron chi connectivity index (χ1n) is 11.8. The highest BCUT2D eigenvalue weighted by molar-refractivity contribution is 5.97. The third-order valence-corrected chi connectivity index (χ3v) is 6.84. The summed E-state index contributed by atoms with van der Waals surface area (Å²) in [5.41, 5.74) is 2.41. The lowest BCUT2D eigenvalue weighted by atomic mass is 10.1. The zero-order chi connectivity index (χ0) is 23.9. The van der Waals surface area contributed by atoms with Crippen molar-refractivity contribution in [3.63, 3.8) is 0 Å². The summed E-state index contributed by atoms with van der Waals surface area (Å²) in [5.74, 6) is 0.485. The van der Waals surface area contributed by atoms with E-state index in [1.54, 1.807) is 25.3 Å². The maximum absolute atomic E-state index is 13.2. The van der Waals surface area contributed by atoms with Gasteiger partial charge in [0.1, 0.15) is 5.52 Å². The van der Waals surface area contributed by atoms with Gasteiger partial charge in [-0.1, -0.05) is 12.1 Å². The number of H-pyrrole nitrogens is 1. The third-order valence-electron chi connectivity index (χ3n) is 6.84. The minimum Gasteiger partial charge on any atom is -0.423 e. The van der Waals surface area contributed by atoms with E-state index in [0.29, 0.717) is 60.2 Å². The Kier molecular flexibility index (Phi) is 5.37. The first-order valence-corrected chi connectivity index (χ1v) is 11.8. The van der Waals surface area contributed by atoms with E-state index >= 15 is 0 Å². The second-order valence-electron chi connectivity index (χ2n) is 8.96. The summed E-state index contributed by atoms with van der Waals surface area (Å²) in [4.78, 5) is 43.6. The van der Waals surface area contributed by atoms with Crippen LogP contribution in [0, 0.1) is 0 Å². The highest BCUT2D eigenvalue weighted by atomic mass is 16.5. The van der Waals surface area contributed by atoms with Gasteiger partial charge in [-0.15, -0.1) is 0 Å². The quantitative estimate of drug-likeness (QED) is 0.480. The first-order chi connectivity index (χ1) is 17.1. The van der Waals surface area contributed by atoms with E-state index in [2.05, 4.69) is 19.9 Å². The Morgan fingerprint density at radius 1 is 1.03 bits per heavy atom. The lowest BCUT2D eigenvalue weighted by molar-refractivity contribution is 0.0746. The molecule has 10 nitrogen and oxygen atoms in total. The van der Waals surface area contributed by atoms with Crippen molar-refractivity contribution in [3.05, 3.63) is 58.4 Å². The normalized spacial score (nSPS) is 18.7. The van der Waals surface area contributed by atoms with Crippen molar-refractivity contribution in [3.8, 4) is 0 Å². The molecule has 0 aliphatic carbocycles. The molecule has 1 N–H and O–H groups in total. The number of hydrogen-bond acceptors (Lipinski definition) is 8. The molecule has 2 aliphatic heterocycles. The number of fused-ring (bicyclic) bond motifs is 2. The first kappa shape index (κ1) is 21.6. The Morgan fingerprint density at radius 3 is 2.66 bits per heavy atom. The van der Waals surface area contributed by atoms with E-state index in [0.717, 1.165) is 25.0 Å². The van der Waals surface area contributed by atoms with E-state index in [-0.39, 0.29) is 17.6 Å². The highest BCUT2D eigenvalue weighted by Crippen LogP contribution is 2.27. The summed E-state index contributed by atoms with van der Waals surface area (Å²) in [6.45, 7) is 3.80. The van der Waals surface area contributed by atoms with Gasteiger partial charge in [-0.25, -0.2) is 4.98 Å². The molecular weight excluding hydrogens is 448 g/mol. The van der Waals surface area contributed by atoms with Crippen LogP contribution in [0.4, 0.5) is 12.0 Å². The molecular formula is C25H26N6O4. The van der Waals surface area contributed by atoms with Gasteiger partial charge in [-0.05, 0) is 36.8 Å². The fourth-order valence-electron chi connectivity index (χ4n) is 4.80. The van der Waals surface area contributed by atoms with Crippen LogP contribution in [0.2, 0.25) is 0 Å². The zero-order valence-electron chi connectivity index (χ0n) is 19.4. The molecule has 0 radical (unpaired) electrons. The van der Waals surface area contributed by atoms with E-state index < -0.39 is 0 Å². The maximum atomic E-state index is 13.2. The number of aromatic amines is 1. The van der Waals surface area contributed by atoms with E-state index in [9.17, 15) is 9.59 Å². The number of carbonyl (C=O) groups is 1. The molecule has 0 saturated carbocycles. The topological polar surface area (TPSA) is 108 Å². The molecule has 1 unspecified atom stereocenters. The predicted molar refractivity (Wildman–Crippen MR) is 132 cm³/mol. The fourth-order valence-corrected chi connectivity index (χ4v) is 4.80. The Balaban J connectivity index is 1.15. The molecule has 4 heterocycles. The third kappa shape index (κ3) is 3.99. The molecule has 0 bridgehead atoms. The van der Waals surface area contributed by atoms with Crippen LogP contribution in [0.5, 0.6) is 0 Å². The molecule has 2 aromatic heterocycles. The largest absolute Gasteiger partial charge is 0.423 e. The number of amides is 1. The van der Waals surface area contributed by atoms with Crippen LogP contribution in [-0.4, -0.2) is 78.2 Å². The number of para-hydroxylation sites is 1. The second-order valence-corrected chi connectivity index (χ2v) is 8.96. The number of rotatable bonds is 4. The SMILES string of the molecule is COC1CCN(c2nc3ccc(C(=O)N4CCN(c5nc6ccccc6c(=O)[nH]5)CC4)cc3o2)C1. The number of anilines is 2. The maximum Gasteiger partial charge on any atom is 0.298 e. The number of carbonyl (C=O) groups excluding carboxylic acids is 1. The van der Waals surface area contributed by atoms with Crippen LogP contribution in [0.25, 0.3) is 22.0 Å². The van der Waals surface area contributed by atoms with Gasteiger partial charge in [0, 0.05) is 51.9 Å². The van der Waals surface area contributed by atoms with Crippen LogP contribution in [-0.2, 0) is 4.74 Å². The lowest BCUT2D eigenvalue weighted by Crippen LogP contribution is -2.49. The number of hydrogen-bond donors (Lipinski definition) is 1. The van der Waals surface area contributed by atoms with Gasteiger partial charge < -0.3 is 23.9 Å². The number of oxazole rings is 1. The second kappa shape index (κ2) is 8.70. The van der Waals surface area contributed by atoms with Gasteiger partial charge in [0.2, 0.25) is 5.95 Å². The zero-order valence-corrected chi connectivity index (χ0v) is 19.4. The number of benzene rings is 2. The molecule has 180 valence electrons. The fraction of sp³-hybridized carbons (Fsp3) is 0.360. The van der Waals surface area contributed by atoms with Crippen molar-refractivity contribution in [1.82, 2.24) is 19.9 Å². The summed E-state index contributed by atoms with van der Waals surface area (Å²) in [5, 5.41) is 0.569. The van der Waals surface area contributed by atoms with Crippen LogP contribution in [0.1, 0.15) is 16.8 Å². The highest BCUT2D eigenvalue weighted by Gasteiger charge is 2.27. The van der Waals surface area contributed by atoms with Gasteiger partial charge in [0.25, 0.3) is 17.5 Å². The summed E-state index contributed by atoms with van der Waals surface area (Å²) in [7, 11) is 1.72. The molecule has 6 rings (SSSR count). The lowest BCUT2D eigenvalue weighted by Gasteiger charge is -2.35. The Hall–Kier alpha value is -3.92. The van der Waals surface area contributed by atoms with Crippen LogP contribution in [0.15, 0.2) is 51.7 Å². The summed E-state index contributed by atoms with van der Waals surface area (Å²) >= 11 is 0. The van der Waals surface area contributed by atoms with Gasteiger partial charge in [-0.2, -0.15) is 4.98 Å². The molecule has 1 amide bonds. The Bertz CT molecular complexity index is 1460. The standard InChI is InChI=1S/C25H26N6O4/c1-34-17-8-9-31(15-17)25-27-20-7-6-16(14-21(20)35-25)23(33)29-10-12-30(13-11-29)24-26-19-5-3-2-4-18(19)22(32)28-24/h2-7,14,17H,8-13,15H2,1H3,(H,26,28,32). The molecule has 2 fully saturated rings. The number of nitrogens with zero attached hydrogens (tertiary/aromatic N) is 5. The average Bonchev–Trinajstić information content (AvgIpc) is 3.55. The number of aromatic nitrogens is 3. The number of methoxy groups -OCH3 is 1. The predicted octanol–water partition coefficient (Wildman–Crippen LogP) is 2.25. The molecule has 10 heteroatoms. The molecule has 4 aromatic rings. The molecule has 2 saturated heterocycles. The monoisotopic (exact) mass is 474 g/mol. The van der Waals surface area contributed by atoms with Gasteiger partial charge >= 0.3 is 0 Å². The van der Waals surface area contributed by atoms with E-state index in [1.165, 1.54) is 0 Å². The Labute approximate surface area is 201 Å². The van der Waals surface area contributed by atoms with Gasteiger partial charge in [0.05, 0.1) is 17.0 Å². The molecule has 1 atom stereocenters. The van der Waals surface area contributed by atoms with Gasteiger partial charge in [-0.3, -0.25) is 14.6 Å². The van der Waals surface area contributed by atoms with E-state index in [1.807, 2.05) is 34.1 Å². The molecule has 35 heavy (non-hydrogen) atoms. The van der Waals surface area contributed by atoms with Crippen molar-refractivity contribution < 1.29 is 13.9 Å². The van der Waals surface area contributed by atoms with E-state index in [4.69, 9.17) is 9.15 Å². The molecule has 2 aromatic carbocycles. The number of nitrogens with one attached hydrogen (secondary N) is 1. The molecule has 0 spiro atoms. The van der Waals surface area contributed by atoms with Crippen molar-refractivity contribution in [2.75, 3.05) is 56.2 Å². The minimum absolute atomic E-state index is 0.0508. The average molecular weight is 475 g/mol. The summed E-state index contributed by atoms with van der Waals surface area (Å²) in [6.07, 6.45) is 1.12. The minimum atomic E-state index is -0.157. The van der Waals surface area contributed by atoms with Crippen LogP contribution in [0.3, 0.4) is 0 Å². The summed E-state index contributed by atoms with van der Waals surface area (Å²) in [6, 6.07) is 13.2. The van der Waals surface area contributed by atoms with Crippen LogP contribution < -0.4 is 15.4 Å². The smallest absolute Gasteiger partial charge is 0.298 e. The van der Waals surface area contributed by atoms with Gasteiger partial charge in [0.15, 0.2) is 5.58 Å². The number of piperazine rings is 1. The summed E-state index contributed by atoms with van der Waals surface area (Å²) < 4.78 is 11.4. The van der Waals surface area contributed by atoms with Crippen LogP contribution >= 0.6 is 0 Å².